The molecule has 2 aliphatic carbocycles. The van der Waals surface area contributed by atoms with Crippen LogP contribution in [0.2, 0.25) is 0 Å². The monoisotopic (exact) mass is 469 g/mol. The number of halogens is 2. The summed E-state index contributed by atoms with van der Waals surface area (Å²) < 4.78 is 4.47. The third kappa shape index (κ3) is 2.27. The van der Waals surface area contributed by atoms with E-state index in [1.54, 1.807) is 0 Å². The van der Waals surface area contributed by atoms with Gasteiger partial charge in [0.1, 0.15) is 0 Å². The zero-order chi connectivity index (χ0) is 12.9. The Bertz CT molecular complexity index is 499. The topological polar surface area (TPSA) is 22.0 Å². The molecule has 2 fully saturated rings. The van der Waals surface area contributed by atoms with Crippen molar-refractivity contribution in [2.45, 2.75) is 57.4 Å². The molecule has 0 aromatic carbocycles. The van der Waals surface area contributed by atoms with Crippen molar-refractivity contribution < 1.29 is 0 Å². The Labute approximate surface area is 135 Å². The molecular weight excluding hydrogens is 452 g/mol. The lowest BCUT2D eigenvalue weighted by Crippen LogP contribution is -2.24. The average Bonchev–Trinajstić information content (AvgIpc) is 3.18. The van der Waals surface area contributed by atoms with E-state index >= 15 is 0 Å². The molecule has 0 unspecified atom stereocenters. The van der Waals surface area contributed by atoms with Gasteiger partial charge in [-0.25, -0.2) is 0 Å². The molecule has 4 heteroatoms. The molecule has 1 heterocycles. The van der Waals surface area contributed by atoms with Crippen molar-refractivity contribution >= 4 is 45.2 Å². The minimum Gasteiger partial charge on any atom is -0.346 e. The van der Waals surface area contributed by atoms with Gasteiger partial charge in [0.05, 0.1) is 7.14 Å². The third-order valence-electron chi connectivity index (χ3n) is 3.81. The minimum atomic E-state index is 0.285. The van der Waals surface area contributed by atoms with E-state index in [4.69, 9.17) is 0 Å². The van der Waals surface area contributed by atoms with E-state index in [0.717, 1.165) is 20.1 Å². The van der Waals surface area contributed by atoms with Crippen LogP contribution >= 0.6 is 45.2 Å². The predicted octanol–water partition coefficient (Wildman–Crippen LogP) is 4.22. The van der Waals surface area contributed by atoms with Gasteiger partial charge in [-0.2, -0.15) is 0 Å². The van der Waals surface area contributed by atoms with Gasteiger partial charge in [-0.05, 0) is 77.3 Å². The van der Waals surface area contributed by atoms with Gasteiger partial charge in [0.25, 0.3) is 0 Å². The molecular formula is C14H17I2NO. The predicted molar refractivity (Wildman–Crippen MR) is 90.4 cm³/mol. The van der Waals surface area contributed by atoms with Crippen LogP contribution in [0, 0.1) is 7.14 Å². The summed E-state index contributed by atoms with van der Waals surface area (Å²) in [6, 6.07) is 0. The molecule has 1 aromatic rings. The molecule has 18 heavy (non-hydrogen) atoms. The molecule has 0 aliphatic heterocycles. The molecule has 0 bridgehead atoms. The maximum Gasteiger partial charge on any atom is 0.208 e. The van der Waals surface area contributed by atoms with Gasteiger partial charge in [-0.3, -0.25) is 4.79 Å². The summed E-state index contributed by atoms with van der Waals surface area (Å²) in [5.41, 5.74) is 2.99. The molecule has 1 aromatic heterocycles. The van der Waals surface area contributed by atoms with E-state index in [2.05, 4.69) is 56.7 Å². The summed E-state index contributed by atoms with van der Waals surface area (Å²) in [5.74, 6) is 1.32. The fraction of sp³-hybridized carbons (Fsp3) is 0.643. The zero-order valence-electron chi connectivity index (χ0n) is 10.5. The van der Waals surface area contributed by atoms with Crippen LogP contribution in [0.5, 0.6) is 0 Å². The second-order valence-electron chi connectivity index (χ2n) is 5.43. The summed E-state index contributed by atoms with van der Waals surface area (Å²) in [7, 11) is 0. The normalized spacial score (nSPS) is 19.3. The maximum absolute atomic E-state index is 12.4. The van der Waals surface area contributed by atoms with Crippen LogP contribution in [0.3, 0.4) is 0 Å². The smallest absolute Gasteiger partial charge is 0.208 e. The highest BCUT2D eigenvalue weighted by atomic mass is 127. The van der Waals surface area contributed by atoms with E-state index in [1.165, 1.54) is 37.1 Å². The van der Waals surface area contributed by atoms with Crippen LogP contribution in [0.15, 0.2) is 4.79 Å². The highest BCUT2D eigenvalue weighted by Crippen LogP contribution is 2.46. The van der Waals surface area contributed by atoms with Gasteiger partial charge in [-0.15, -0.1) is 0 Å². The average molecular weight is 469 g/mol. The number of rotatable bonds is 4. The number of hydrogen-bond acceptors (Lipinski definition) is 1. The van der Waals surface area contributed by atoms with Gasteiger partial charge >= 0.3 is 0 Å². The molecule has 0 saturated heterocycles. The Morgan fingerprint density at radius 2 is 1.50 bits per heavy atom. The zero-order valence-corrected chi connectivity index (χ0v) is 14.8. The van der Waals surface area contributed by atoms with Crippen molar-refractivity contribution in [3.63, 3.8) is 0 Å². The van der Waals surface area contributed by atoms with Crippen molar-refractivity contribution in [2.75, 3.05) is 0 Å². The minimum absolute atomic E-state index is 0.285. The molecule has 3 rings (SSSR count). The Kier molecular flexibility index (Phi) is 3.77. The fourth-order valence-corrected chi connectivity index (χ4v) is 5.19. The van der Waals surface area contributed by atoms with E-state index < -0.39 is 0 Å². The van der Waals surface area contributed by atoms with Gasteiger partial charge in [0, 0.05) is 29.8 Å². The maximum atomic E-state index is 12.4. The lowest BCUT2D eigenvalue weighted by Gasteiger charge is -2.21. The van der Waals surface area contributed by atoms with Crippen LogP contribution < -0.4 is 5.43 Å². The summed E-state index contributed by atoms with van der Waals surface area (Å²) >= 11 is 4.55. The van der Waals surface area contributed by atoms with Gasteiger partial charge < -0.3 is 4.57 Å². The number of pyridine rings is 1. The molecule has 2 nitrogen and oxygen atoms in total. The molecule has 98 valence electrons. The van der Waals surface area contributed by atoms with Crippen LogP contribution in [-0.2, 0) is 6.54 Å². The quantitative estimate of drug-likeness (QED) is 0.606. The molecule has 2 saturated carbocycles. The van der Waals surface area contributed by atoms with Crippen LogP contribution in [0.25, 0.3) is 0 Å². The Hall–Kier alpha value is 0.410. The summed E-state index contributed by atoms with van der Waals surface area (Å²) in [6.45, 7) is 3.30. The number of hydrogen-bond donors (Lipinski definition) is 0. The second kappa shape index (κ2) is 5.07. The van der Waals surface area contributed by atoms with Crippen LogP contribution in [0.4, 0.5) is 0 Å². The first-order chi connectivity index (χ1) is 8.65. The summed E-state index contributed by atoms with van der Waals surface area (Å²) in [5, 5.41) is 0. The molecule has 0 atom stereocenters. The van der Waals surface area contributed by atoms with E-state index in [1.807, 2.05) is 0 Å². The lowest BCUT2D eigenvalue weighted by molar-refractivity contribution is 0.598. The van der Waals surface area contributed by atoms with Crippen molar-refractivity contribution in [3.05, 3.63) is 28.8 Å². The Morgan fingerprint density at radius 1 is 1.06 bits per heavy atom. The van der Waals surface area contributed by atoms with Crippen molar-refractivity contribution in [1.82, 2.24) is 4.57 Å². The van der Waals surface area contributed by atoms with Crippen molar-refractivity contribution in [2.24, 2.45) is 0 Å². The van der Waals surface area contributed by atoms with Gasteiger partial charge in [-0.1, -0.05) is 6.92 Å². The molecule has 2 aliphatic rings. The SMILES string of the molecule is CCCn1c(C2CC2)c(I)c(=O)c(I)c1C1CC1. The van der Waals surface area contributed by atoms with E-state index in [0.29, 0.717) is 11.8 Å². The standard InChI is InChI=1S/C14H17I2NO/c1-2-7-17-12(8-3-4-8)10(15)14(18)11(16)13(17)9-5-6-9/h8-9H,2-7H2,1H3. The molecule has 0 spiro atoms. The Balaban J connectivity index is 2.25. The van der Waals surface area contributed by atoms with Gasteiger partial charge in [0.2, 0.25) is 5.43 Å². The number of aromatic nitrogens is 1. The second-order valence-corrected chi connectivity index (χ2v) is 7.59. The first-order valence-electron chi connectivity index (χ1n) is 6.76. The highest BCUT2D eigenvalue weighted by Gasteiger charge is 2.36. The Morgan fingerprint density at radius 3 is 1.83 bits per heavy atom. The van der Waals surface area contributed by atoms with Crippen molar-refractivity contribution in [3.8, 4) is 0 Å². The van der Waals surface area contributed by atoms with Crippen LogP contribution in [0.1, 0.15) is 62.3 Å². The third-order valence-corrected chi connectivity index (χ3v) is 5.89. The van der Waals surface area contributed by atoms with E-state index in [-0.39, 0.29) is 5.43 Å². The summed E-state index contributed by atoms with van der Waals surface area (Å²) in [6.07, 6.45) is 6.22. The summed E-state index contributed by atoms with van der Waals surface area (Å²) in [4.78, 5) is 12.4. The van der Waals surface area contributed by atoms with Crippen molar-refractivity contribution in [1.29, 1.82) is 0 Å². The molecule has 0 radical (unpaired) electrons. The van der Waals surface area contributed by atoms with Gasteiger partial charge in [0.15, 0.2) is 0 Å². The highest BCUT2D eigenvalue weighted by molar-refractivity contribution is 14.1. The number of nitrogens with zero attached hydrogens (tertiary/aromatic N) is 1. The molecule has 0 N–H and O–H groups in total. The largest absolute Gasteiger partial charge is 0.346 e. The van der Waals surface area contributed by atoms with Crippen LogP contribution in [-0.4, -0.2) is 4.57 Å². The molecule has 0 amide bonds. The fourth-order valence-electron chi connectivity index (χ4n) is 2.67. The van der Waals surface area contributed by atoms with E-state index in [9.17, 15) is 4.79 Å². The first kappa shape index (κ1) is 13.4. The first-order valence-corrected chi connectivity index (χ1v) is 8.92. The lowest BCUT2D eigenvalue weighted by atomic mass is 10.1.